The van der Waals surface area contributed by atoms with E-state index in [1.807, 2.05) is 26.0 Å². The second kappa shape index (κ2) is 7.07. The van der Waals surface area contributed by atoms with Gasteiger partial charge >= 0.3 is 0 Å². The molecule has 0 amide bonds. The summed E-state index contributed by atoms with van der Waals surface area (Å²) in [6.45, 7) is 5.04. The van der Waals surface area contributed by atoms with Gasteiger partial charge in [-0.05, 0) is 32.0 Å². The Kier molecular flexibility index (Phi) is 5.74. The van der Waals surface area contributed by atoms with E-state index in [1.54, 1.807) is 12.1 Å². The van der Waals surface area contributed by atoms with Crippen molar-refractivity contribution in [2.75, 3.05) is 18.8 Å². The molecular formula is C14H18N2O2S. The number of rotatable bonds is 6. The Hall–Kier alpha value is -1.64. The molecule has 0 spiro atoms. The van der Waals surface area contributed by atoms with Crippen LogP contribution in [0.25, 0.3) is 0 Å². The largest absolute Gasteiger partial charge is 0.312 e. The molecule has 0 saturated heterocycles. The van der Waals surface area contributed by atoms with E-state index >= 15 is 0 Å². The Labute approximate surface area is 114 Å². The van der Waals surface area contributed by atoms with Crippen molar-refractivity contribution >= 4 is 9.84 Å². The van der Waals surface area contributed by atoms with Crippen molar-refractivity contribution in [1.82, 2.24) is 5.32 Å². The van der Waals surface area contributed by atoms with Crippen molar-refractivity contribution in [2.24, 2.45) is 0 Å². The van der Waals surface area contributed by atoms with Crippen molar-refractivity contribution in [3.8, 4) is 6.07 Å². The van der Waals surface area contributed by atoms with Crippen LogP contribution in [-0.4, -0.2) is 27.3 Å². The predicted octanol–water partition coefficient (Wildman–Crippen LogP) is 1.89. The van der Waals surface area contributed by atoms with Gasteiger partial charge < -0.3 is 5.32 Å². The summed E-state index contributed by atoms with van der Waals surface area (Å²) >= 11 is 0. The average Bonchev–Trinajstić information content (AvgIpc) is 2.38. The molecule has 102 valence electrons. The van der Waals surface area contributed by atoms with Gasteiger partial charge in [0.1, 0.15) is 0 Å². The van der Waals surface area contributed by atoms with E-state index in [2.05, 4.69) is 5.32 Å². The second-order valence-electron chi connectivity index (χ2n) is 4.44. The quantitative estimate of drug-likeness (QED) is 0.637. The number of nitrogens with one attached hydrogen (secondary N) is 1. The fourth-order valence-corrected chi connectivity index (χ4v) is 2.70. The van der Waals surface area contributed by atoms with E-state index < -0.39 is 9.84 Å². The highest BCUT2D eigenvalue weighted by molar-refractivity contribution is 7.91. The molecule has 1 aromatic carbocycles. The van der Waals surface area contributed by atoms with E-state index in [4.69, 9.17) is 5.26 Å². The Morgan fingerprint density at radius 3 is 2.79 bits per heavy atom. The molecule has 1 rings (SSSR count). The first-order valence-corrected chi connectivity index (χ1v) is 7.68. The van der Waals surface area contributed by atoms with Gasteiger partial charge in [-0.15, -0.1) is 0 Å². The lowest BCUT2D eigenvalue weighted by atomic mass is 10.2. The molecule has 1 aromatic rings. The maximum atomic E-state index is 12.0. The van der Waals surface area contributed by atoms with Crippen molar-refractivity contribution in [2.45, 2.75) is 18.7 Å². The number of hydrogen-bond donors (Lipinski definition) is 1. The lowest BCUT2D eigenvalue weighted by molar-refractivity contribution is 0.592. The molecule has 0 aliphatic carbocycles. The average molecular weight is 278 g/mol. The first kappa shape index (κ1) is 15.4. The summed E-state index contributed by atoms with van der Waals surface area (Å²) in [6, 6.07) is 8.04. The smallest absolute Gasteiger partial charge is 0.179 e. The van der Waals surface area contributed by atoms with Crippen LogP contribution in [0, 0.1) is 11.3 Å². The van der Waals surface area contributed by atoms with E-state index in [-0.39, 0.29) is 10.6 Å². The van der Waals surface area contributed by atoms with Crippen LogP contribution in [0.15, 0.2) is 40.8 Å². The summed E-state index contributed by atoms with van der Waals surface area (Å²) in [5.41, 5.74) is 1.55. The van der Waals surface area contributed by atoms with E-state index in [0.29, 0.717) is 18.7 Å². The maximum Gasteiger partial charge on any atom is 0.179 e. The third-order valence-electron chi connectivity index (χ3n) is 2.52. The van der Waals surface area contributed by atoms with Crippen LogP contribution < -0.4 is 5.32 Å². The molecule has 5 heteroatoms. The van der Waals surface area contributed by atoms with Gasteiger partial charge in [-0.3, -0.25) is 0 Å². The minimum absolute atomic E-state index is 0.0263. The molecular weight excluding hydrogens is 260 g/mol. The Bertz CT molecular complexity index is 594. The summed E-state index contributed by atoms with van der Waals surface area (Å²) in [7, 11) is -3.33. The zero-order valence-electron chi connectivity index (χ0n) is 11.2. The molecule has 0 radical (unpaired) electrons. The van der Waals surface area contributed by atoms with Gasteiger partial charge in [0.05, 0.1) is 22.3 Å². The molecule has 0 atom stereocenters. The zero-order valence-corrected chi connectivity index (χ0v) is 12.0. The Morgan fingerprint density at radius 2 is 2.16 bits per heavy atom. The van der Waals surface area contributed by atoms with Crippen LogP contribution in [0.3, 0.4) is 0 Å². The van der Waals surface area contributed by atoms with Gasteiger partial charge in [0.15, 0.2) is 9.84 Å². The SMILES string of the molecule is CC(C)=CCNCCS(=O)(=O)c1cccc(C#N)c1. The molecule has 0 aromatic heterocycles. The number of sulfone groups is 1. The molecule has 1 N–H and O–H groups in total. The van der Waals surface area contributed by atoms with E-state index in [1.165, 1.54) is 17.7 Å². The van der Waals surface area contributed by atoms with Crippen LogP contribution in [0.5, 0.6) is 0 Å². The number of nitrogens with zero attached hydrogens (tertiary/aromatic N) is 1. The van der Waals surface area contributed by atoms with E-state index in [9.17, 15) is 8.42 Å². The fraction of sp³-hybridized carbons (Fsp3) is 0.357. The van der Waals surface area contributed by atoms with Crippen LogP contribution in [0.1, 0.15) is 19.4 Å². The molecule has 0 bridgehead atoms. The molecule has 0 aliphatic rings. The Balaban J connectivity index is 2.61. The maximum absolute atomic E-state index is 12.0. The molecule has 4 nitrogen and oxygen atoms in total. The van der Waals surface area contributed by atoms with Gasteiger partial charge in [0.2, 0.25) is 0 Å². The third kappa shape index (κ3) is 5.25. The highest BCUT2D eigenvalue weighted by Crippen LogP contribution is 2.12. The third-order valence-corrected chi connectivity index (χ3v) is 4.24. The van der Waals surface area contributed by atoms with Crippen molar-refractivity contribution in [3.63, 3.8) is 0 Å². The molecule has 0 fully saturated rings. The zero-order chi connectivity index (χ0) is 14.3. The summed E-state index contributed by atoms with van der Waals surface area (Å²) in [4.78, 5) is 0.204. The van der Waals surface area contributed by atoms with Crippen molar-refractivity contribution in [1.29, 1.82) is 5.26 Å². The van der Waals surface area contributed by atoms with Gasteiger partial charge in [0, 0.05) is 13.1 Å². The summed E-state index contributed by atoms with van der Waals surface area (Å²) < 4.78 is 24.1. The molecule has 0 aliphatic heterocycles. The van der Waals surface area contributed by atoms with Crippen LogP contribution >= 0.6 is 0 Å². The summed E-state index contributed by atoms with van der Waals surface area (Å²) in [5, 5.41) is 11.8. The predicted molar refractivity (Wildman–Crippen MR) is 75.5 cm³/mol. The van der Waals surface area contributed by atoms with Gasteiger partial charge in [-0.25, -0.2) is 8.42 Å². The normalized spacial score (nSPS) is 10.8. The first-order chi connectivity index (χ1) is 8.95. The van der Waals surface area contributed by atoms with Crippen molar-refractivity contribution in [3.05, 3.63) is 41.5 Å². The van der Waals surface area contributed by atoms with Crippen LogP contribution in [0.4, 0.5) is 0 Å². The number of nitriles is 1. The highest BCUT2D eigenvalue weighted by Gasteiger charge is 2.13. The van der Waals surface area contributed by atoms with Crippen LogP contribution in [-0.2, 0) is 9.84 Å². The summed E-state index contributed by atoms with van der Waals surface area (Å²) in [6.07, 6.45) is 2.00. The Morgan fingerprint density at radius 1 is 1.42 bits per heavy atom. The minimum atomic E-state index is -3.33. The van der Waals surface area contributed by atoms with E-state index in [0.717, 1.165) is 0 Å². The topological polar surface area (TPSA) is 70.0 Å². The highest BCUT2D eigenvalue weighted by atomic mass is 32.2. The first-order valence-electron chi connectivity index (χ1n) is 6.03. The molecule has 19 heavy (non-hydrogen) atoms. The lowest BCUT2D eigenvalue weighted by Crippen LogP contribution is -2.23. The summed E-state index contributed by atoms with van der Waals surface area (Å²) in [5.74, 6) is 0.0263. The van der Waals surface area contributed by atoms with Gasteiger partial charge in [0.25, 0.3) is 0 Å². The van der Waals surface area contributed by atoms with Gasteiger partial charge in [-0.1, -0.05) is 17.7 Å². The second-order valence-corrected chi connectivity index (χ2v) is 6.55. The monoisotopic (exact) mass is 278 g/mol. The van der Waals surface area contributed by atoms with Gasteiger partial charge in [-0.2, -0.15) is 5.26 Å². The standard InChI is InChI=1S/C14H18N2O2S/c1-12(2)6-7-16-8-9-19(17,18)14-5-3-4-13(10-14)11-15/h3-6,10,16H,7-9H2,1-2H3. The van der Waals surface area contributed by atoms with Crippen LogP contribution in [0.2, 0.25) is 0 Å². The minimum Gasteiger partial charge on any atom is -0.312 e. The lowest BCUT2D eigenvalue weighted by Gasteiger charge is -2.05. The number of benzene rings is 1. The molecule has 0 unspecified atom stereocenters. The fourth-order valence-electron chi connectivity index (χ4n) is 1.46. The van der Waals surface area contributed by atoms with Crippen molar-refractivity contribution < 1.29 is 8.42 Å². The number of hydrogen-bond acceptors (Lipinski definition) is 4. The number of allylic oxidation sites excluding steroid dienone is 1. The molecule has 0 heterocycles. The molecule has 0 saturated carbocycles.